The minimum absolute atomic E-state index is 0.343. The molecule has 0 aliphatic heterocycles. The minimum atomic E-state index is -1.35. The number of aromatic nitrogens is 1. The van der Waals surface area contributed by atoms with Gasteiger partial charge in [0.25, 0.3) is 5.69 Å². The van der Waals surface area contributed by atoms with Gasteiger partial charge < -0.3 is 10.1 Å². The number of benzene rings is 3. The number of nitro groups is 1. The number of unbranched alkanes of at least 4 members (excludes halogenated alkanes) is 1. The molecule has 33 heavy (non-hydrogen) atoms. The quantitative estimate of drug-likeness (QED) is 0.231. The second-order valence-corrected chi connectivity index (χ2v) is 8.39. The molecular weight excluding hydrogens is 423 g/mol. The lowest BCUT2D eigenvalue weighted by molar-refractivity contribution is -0.385. The van der Waals surface area contributed by atoms with Gasteiger partial charge in [0.2, 0.25) is 0 Å². The van der Waals surface area contributed by atoms with Crippen molar-refractivity contribution in [3.63, 3.8) is 0 Å². The number of nitrogens with zero attached hydrogens (tertiary/aromatic N) is 1. The first-order valence-electron chi connectivity index (χ1n) is 10.9. The van der Waals surface area contributed by atoms with E-state index >= 15 is 4.39 Å². The van der Waals surface area contributed by atoms with Gasteiger partial charge in [0, 0.05) is 29.0 Å². The normalized spacial score (nSPS) is 12.1. The monoisotopic (exact) mass is 444 g/mol. The predicted molar refractivity (Wildman–Crippen MR) is 124 cm³/mol. The summed E-state index contributed by atoms with van der Waals surface area (Å²) in [6.45, 7) is 2.15. The fourth-order valence-electron chi connectivity index (χ4n) is 4.68. The number of halogens is 1. The number of H-pyrrole nitrogens is 1. The molecule has 0 spiro atoms. The van der Waals surface area contributed by atoms with E-state index in [4.69, 9.17) is 0 Å². The van der Waals surface area contributed by atoms with Gasteiger partial charge in [-0.1, -0.05) is 49.7 Å². The number of rotatable bonds is 6. The number of carboxylic acids is 1. The Balaban J connectivity index is 1.59. The van der Waals surface area contributed by atoms with Crippen molar-refractivity contribution in [2.24, 2.45) is 0 Å². The molecular formula is C26H21FN2O4. The van der Waals surface area contributed by atoms with Crippen LogP contribution >= 0.6 is 0 Å². The molecule has 1 aromatic heterocycles. The molecule has 6 nitrogen and oxygen atoms in total. The lowest BCUT2D eigenvalue weighted by atomic mass is 9.99. The molecule has 3 aromatic carbocycles. The molecule has 0 radical (unpaired) electrons. The molecule has 5 rings (SSSR count). The fraction of sp³-hybridized carbons (Fsp3) is 0.192. The van der Waals surface area contributed by atoms with Crippen molar-refractivity contribution in [1.82, 2.24) is 4.98 Å². The number of aromatic amines is 1. The molecule has 0 atom stereocenters. The van der Waals surface area contributed by atoms with E-state index in [0.717, 1.165) is 30.4 Å². The molecule has 0 bridgehead atoms. The van der Waals surface area contributed by atoms with Gasteiger partial charge in [-0.25, -0.2) is 9.18 Å². The minimum Gasteiger partial charge on any atom is -0.477 e. The summed E-state index contributed by atoms with van der Waals surface area (Å²) in [5.41, 5.74) is 4.66. The van der Waals surface area contributed by atoms with Gasteiger partial charge in [-0.15, -0.1) is 0 Å². The molecule has 0 saturated carbocycles. The van der Waals surface area contributed by atoms with Gasteiger partial charge >= 0.3 is 5.97 Å². The summed E-state index contributed by atoms with van der Waals surface area (Å²) in [6.07, 6.45) is 3.61. The summed E-state index contributed by atoms with van der Waals surface area (Å²) in [5.74, 6) is -1.72. The van der Waals surface area contributed by atoms with Crippen molar-refractivity contribution in [3.8, 4) is 22.4 Å². The Hall–Kier alpha value is -4.00. The number of carbonyl (C=O) groups is 1. The van der Waals surface area contributed by atoms with E-state index < -0.39 is 16.6 Å². The Morgan fingerprint density at radius 2 is 1.91 bits per heavy atom. The molecule has 7 heteroatoms. The van der Waals surface area contributed by atoms with Crippen molar-refractivity contribution >= 4 is 22.6 Å². The molecule has 1 aliphatic carbocycles. The van der Waals surface area contributed by atoms with Gasteiger partial charge in [-0.2, -0.15) is 0 Å². The molecule has 0 unspecified atom stereocenters. The van der Waals surface area contributed by atoms with E-state index in [1.807, 2.05) is 30.3 Å². The number of nitro benzene ring substituents is 1. The van der Waals surface area contributed by atoms with Crippen LogP contribution in [0.15, 0.2) is 48.5 Å². The first-order chi connectivity index (χ1) is 15.9. The first kappa shape index (κ1) is 20.9. The highest BCUT2D eigenvalue weighted by molar-refractivity contribution is 5.99. The van der Waals surface area contributed by atoms with Crippen LogP contribution in [0, 0.1) is 15.9 Å². The van der Waals surface area contributed by atoms with Crippen LogP contribution < -0.4 is 0 Å². The van der Waals surface area contributed by atoms with Crippen LogP contribution in [-0.4, -0.2) is 21.0 Å². The van der Waals surface area contributed by atoms with Gasteiger partial charge in [0.15, 0.2) is 5.82 Å². The second-order valence-electron chi connectivity index (χ2n) is 8.39. The predicted octanol–water partition coefficient (Wildman–Crippen LogP) is 6.49. The van der Waals surface area contributed by atoms with Crippen molar-refractivity contribution in [1.29, 1.82) is 0 Å². The third-order valence-corrected chi connectivity index (χ3v) is 6.39. The molecule has 1 aliphatic rings. The first-order valence-corrected chi connectivity index (χ1v) is 10.9. The van der Waals surface area contributed by atoms with Crippen LogP contribution in [0.3, 0.4) is 0 Å². The summed E-state index contributed by atoms with van der Waals surface area (Å²) < 4.78 is 15.5. The molecule has 4 aromatic rings. The molecule has 0 fully saturated rings. The van der Waals surface area contributed by atoms with E-state index in [0.29, 0.717) is 39.7 Å². The fourth-order valence-corrected chi connectivity index (χ4v) is 4.68. The number of fused-ring (bicyclic) bond motifs is 5. The van der Waals surface area contributed by atoms with Crippen LogP contribution in [-0.2, 0) is 12.8 Å². The zero-order chi connectivity index (χ0) is 23.3. The maximum absolute atomic E-state index is 15.5. The number of aromatic carboxylic acids is 1. The summed E-state index contributed by atoms with van der Waals surface area (Å²) in [7, 11) is 0. The largest absolute Gasteiger partial charge is 0.477 e. The standard InChI is InChI=1S/C26H21FN2O4/c1-2-3-4-14-5-7-15(8-6-14)17-9-10-18-20-11-16-12-21(26(30)31)22(29(32)33)13-19(16)24(20)28-25(18)23(17)27/h5-10,12-13,28H,2-4,11H2,1H3,(H,30,31). The summed E-state index contributed by atoms with van der Waals surface area (Å²) in [6, 6.07) is 14.1. The van der Waals surface area contributed by atoms with E-state index in [1.54, 1.807) is 6.07 Å². The van der Waals surface area contributed by atoms with Crippen molar-refractivity contribution in [2.45, 2.75) is 32.6 Å². The number of aryl methyl sites for hydroxylation is 1. The lowest BCUT2D eigenvalue weighted by Crippen LogP contribution is -2.04. The molecule has 2 N–H and O–H groups in total. The highest BCUT2D eigenvalue weighted by atomic mass is 19.1. The van der Waals surface area contributed by atoms with Crippen LogP contribution in [0.4, 0.5) is 10.1 Å². The van der Waals surface area contributed by atoms with Gasteiger partial charge in [-0.05, 0) is 41.2 Å². The topological polar surface area (TPSA) is 96.2 Å². The van der Waals surface area contributed by atoms with Crippen LogP contribution in [0.25, 0.3) is 33.3 Å². The smallest absolute Gasteiger partial charge is 0.342 e. The zero-order valence-electron chi connectivity index (χ0n) is 17.9. The maximum Gasteiger partial charge on any atom is 0.342 e. The molecule has 0 saturated heterocycles. The van der Waals surface area contributed by atoms with Crippen molar-refractivity contribution in [2.75, 3.05) is 0 Å². The summed E-state index contributed by atoms with van der Waals surface area (Å²) in [5, 5.41) is 21.5. The molecule has 0 amide bonds. The van der Waals surface area contributed by atoms with Gasteiger partial charge in [0.1, 0.15) is 5.56 Å². The summed E-state index contributed by atoms with van der Waals surface area (Å²) >= 11 is 0. The Kier molecular flexibility index (Phi) is 4.96. The average Bonchev–Trinajstić information content (AvgIpc) is 3.34. The number of carboxylic acid groups (broad SMARTS) is 1. The van der Waals surface area contributed by atoms with E-state index in [9.17, 15) is 20.0 Å². The third kappa shape index (κ3) is 3.36. The van der Waals surface area contributed by atoms with Crippen LogP contribution in [0.5, 0.6) is 0 Å². The Labute approximate surface area is 188 Å². The number of hydrogen-bond acceptors (Lipinski definition) is 3. The van der Waals surface area contributed by atoms with Gasteiger partial charge in [0.05, 0.1) is 16.1 Å². The Morgan fingerprint density at radius 1 is 1.15 bits per heavy atom. The lowest BCUT2D eigenvalue weighted by Gasteiger charge is -2.08. The Morgan fingerprint density at radius 3 is 2.58 bits per heavy atom. The summed E-state index contributed by atoms with van der Waals surface area (Å²) in [4.78, 5) is 25.3. The number of hydrogen-bond donors (Lipinski definition) is 2. The molecule has 1 heterocycles. The van der Waals surface area contributed by atoms with E-state index in [1.165, 1.54) is 17.7 Å². The second kappa shape index (κ2) is 7.85. The molecule has 166 valence electrons. The van der Waals surface area contributed by atoms with Crippen LogP contribution in [0.2, 0.25) is 0 Å². The third-order valence-electron chi connectivity index (χ3n) is 6.39. The highest BCUT2D eigenvalue weighted by Crippen LogP contribution is 2.44. The van der Waals surface area contributed by atoms with Crippen molar-refractivity contribution < 1.29 is 19.2 Å². The average molecular weight is 444 g/mol. The van der Waals surface area contributed by atoms with E-state index in [2.05, 4.69) is 11.9 Å². The van der Waals surface area contributed by atoms with Gasteiger partial charge in [-0.3, -0.25) is 10.1 Å². The van der Waals surface area contributed by atoms with Crippen molar-refractivity contribution in [3.05, 3.63) is 86.7 Å². The highest BCUT2D eigenvalue weighted by Gasteiger charge is 2.30. The van der Waals surface area contributed by atoms with Crippen LogP contribution in [0.1, 0.15) is 46.8 Å². The zero-order valence-corrected chi connectivity index (χ0v) is 17.9. The number of nitrogens with one attached hydrogen (secondary N) is 1. The SMILES string of the molecule is CCCCc1ccc(-c2ccc3c4c([nH]c3c2F)-c2cc([N+](=O)[O-])c(C(=O)O)cc2C4)cc1. The Bertz CT molecular complexity index is 1440. The maximum atomic E-state index is 15.5. The van der Waals surface area contributed by atoms with E-state index in [-0.39, 0.29) is 11.4 Å².